The number of nitrogens with zero attached hydrogens (tertiary/aromatic N) is 2. The van der Waals surface area contributed by atoms with Gasteiger partial charge in [-0.1, -0.05) is 6.07 Å². The van der Waals surface area contributed by atoms with Gasteiger partial charge in [0.2, 0.25) is 0 Å². The molecular formula is C13H16N4O2S. The summed E-state index contributed by atoms with van der Waals surface area (Å²) in [5.74, 6) is 0. The molecule has 0 bridgehead atoms. The predicted molar refractivity (Wildman–Crippen MR) is 75.7 cm³/mol. The van der Waals surface area contributed by atoms with Crippen LogP contribution in [0, 0.1) is 6.92 Å². The molecule has 6 nitrogen and oxygen atoms in total. The number of fused-ring (bicyclic) bond motifs is 1. The molecule has 0 spiro atoms. The molecule has 0 unspecified atom stereocenters. The molecule has 1 aromatic carbocycles. The van der Waals surface area contributed by atoms with E-state index in [0.717, 1.165) is 17.7 Å². The molecule has 1 aliphatic heterocycles. The lowest BCUT2D eigenvalue weighted by Crippen LogP contribution is -2.13. The van der Waals surface area contributed by atoms with E-state index in [0.29, 0.717) is 17.9 Å². The summed E-state index contributed by atoms with van der Waals surface area (Å²) in [5, 5.41) is 7.33. The van der Waals surface area contributed by atoms with Gasteiger partial charge in [0.15, 0.2) is 0 Å². The quantitative estimate of drug-likeness (QED) is 0.889. The average molecular weight is 292 g/mol. The largest absolute Gasteiger partial charge is 0.309 e. The first kappa shape index (κ1) is 13.1. The number of rotatable bonds is 3. The molecule has 0 radical (unpaired) electrons. The van der Waals surface area contributed by atoms with Gasteiger partial charge >= 0.3 is 0 Å². The summed E-state index contributed by atoms with van der Waals surface area (Å²) in [4.78, 5) is 0.281. The predicted octanol–water partition coefficient (Wildman–Crippen LogP) is 1.13. The van der Waals surface area contributed by atoms with Gasteiger partial charge in [0.1, 0.15) is 0 Å². The Balaban J connectivity index is 1.94. The molecule has 2 aromatic rings. The van der Waals surface area contributed by atoms with Crippen LogP contribution in [-0.4, -0.2) is 18.2 Å². The van der Waals surface area contributed by atoms with Gasteiger partial charge in [0.05, 0.1) is 16.3 Å². The highest BCUT2D eigenvalue weighted by molar-refractivity contribution is 7.92. The van der Waals surface area contributed by atoms with Crippen molar-refractivity contribution in [2.75, 3.05) is 4.72 Å². The molecule has 0 amide bonds. The first-order valence-electron chi connectivity index (χ1n) is 6.31. The van der Waals surface area contributed by atoms with E-state index in [2.05, 4.69) is 15.1 Å². The van der Waals surface area contributed by atoms with E-state index >= 15 is 0 Å². The number of hydrogen-bond acceptors (Lipinski definition) is 4. The smallest absolute Gasteiger partial charge is 0.262 e. The van der Waals surface area contributed by atoms with Crippen LogP contribution >= 0.6 is 0 Å². The highest BCUT2D eigenvalue weighted by Crippen LogP contribution is 2.23. The van der Waals surface area contributed by atoms with Gasteiger partial charge < -0.3 is 5.32 Å². The van der Waals surface area contributed by atoms with Gasteiger partial charge in [-0.05, 0) is 30.2 Å². The van der Waals surface area contributed by atoms with Gasteiger partial charge in [-0.15, -0.1) is 0 Å². The monoisotopic (exact) mass is 292 g/mol. The summed E-state index contributed by atoms with van der Waals surface area (Å²) >= 11 is 0. The molecule has 2 N–H and O–H groups in total. The van der Waals surface area contributed by atoms with Crippen LogP contribution in [0.2, 0.25) is 0 Å². The van der Waals surface area contributed by atoms with Gasteiger partial charge in [0.25, 0.3) is 10.0 Å². The fourth-order valence-corrected chi connectivity index (χ4v) is 3.49. The maximum Gasteiger partial charge on any atom is 0.262 e. The summed E-state index contributed by atoms with van der Waals surface area (Å²) in [6.45, 7) is 3.28. The van der Waals surface area contributed by atoms with Crippen LogP contribution in [0.1, 0.15) is 16.8 Å². The van der Waals surface area contributed by atoms with Gasteiger partial charge in [0, 0.05) is 26.3 Å². The molecular weight excluding hydrogens is 276 g/mol. The molecule has 2 heterocycles. The number of aromatic nitrogens is 2. The lowest BCUT2D eigenvalue weighted by molar-refractivity contribution is 0.601. The van der Waals surface area contributed by atoms with Crippen LogP contribution in [0.4, 0.5) is 5.69 Å². The first-order valence-corrected chi connectivity index (χ1v) is 7.79. The maximum absolute atomic E-state index is 12.4. The van der Waals surface area contributed by atoms with Crippen molar-refractivity contribution < 1.29 is 8.42 Å². The van der Waals surface area contributed by atoms with Crippen molar-refractivity contribution in [2.24, 2.45) is 7.05 Å². The summed E-state index contributed by atoms with van der Waals surface area (Å²) in [6.07, 6.45) is 1.65. The van der Waals surface area contributed by atoms with E-state index in [1.54, 1.807) is 37.0 Å². The van der Waals surface area contributed by atoms with Gasteiger partial charge in [-0.25, -0.2) is 8.42 Å². The molecule has 0 aliphatic carbocycles. The fourth-order valence-electron chi connectivity index (χ4n) is 2.34. The van der Waals surface area contributed by atoms with E-state index in [4.69, 9.17) is 0 Å². The Morgan fingerprint density at radius 3 is 2.75 bits per heavy atom. The zero-order valence-electron chi connectivity index (χ0n) is 11.3. The lowest BCUT2D eigenvalue weighted by atomic mass is 10.1. The molecule has 7 heteroatoms. The molecule has 0 atom stereocenters. The van der Waals surface area contributed by atoms with Crippen LogP contribution in [-0.2, 0) is 30.2 Å². The third-order valence-corrected chi connectivity index (χ3v) is 4.74. The Bertz CT molecular complexity index is 765. The molecule has 0 fully saturated rings. The fraction of sp³-hybridized carbons (Fsp3) is 0.308. The topological polar surface area (TPSA) is 76.0 Å². The molecule has 20 heavy (non-hydrogen) atoms. The van der Waals surface area contributed by atoms with E-state index < -0.39 is 10.0 Å². The number of hydrogen-bond donors (Lipinski definition) is 2. The number of aryl methyl sites for hydroxylation is 2. The third-order valence-electron chi connectivity index (χ3n) is 3.38. The Morgan fingerprint density at radius 1 is 1.30 bits per heavy atom. The Hall–Kier alpha value is -1.86. The van der Waals surface area contributed by atoms with Gasteiger partial charge in [-0.2, -0.15) is 5.10 Å². The first-order chi connectivity index (χ1) is 9.45. The van der Waals surface area contributed by atoms with Crippen LogP contribution in [0.15, 0.2) is 29.3 Å². The summed E-state index contributed by atoms with van der Waals surface area (Å²) < 4.78 is 29.0. The SMILES string of the molecule is Cc1nn(C)cc1NS(=O)(=O)c1ccc2c(c1)CNC2. The van der Waals surface area contributed by atoms with Crippen LogP contribution < -0.4 is 10.0 Å². The second-order valence-corrected chi connectivity index (χ2v) is 6.62. The zero-order chi connectivity index (χ0) is 14.3. The van der Waals surface area contributed by atoms with Crippen molar-refractivity contribution in [2.45, 2.75) is 24.9 Å². The number of nitrogens with one attached hydrogen (secondary N) is 2. The summed E-state index contributed by atoms with van der Waals surface area (Å²) in [6, 6.07) is 5.23. The average Bonchev–Trinajstić information content (AvgIpc) is 2.95. The summed E-state index contributed by atoms with van der Waals surface area (Å²) in [5.41, 5.74) is 3.35. The number of sulfonamides is 1. The van der Waals surface area contributed by atoms with E-state index in [9.17, 15) is 8.42 Å². The lowest BCUT2D eigenvalue weighted by Gasteiger charge is -2.08. The van der Waals surface area contributed by atoms with Crippen molar-refractivity contribution in [3.8, 4) is 0 Å². The van der Waals surface area contributed by atoms with Gasteiger partial charge in [-0.3, -0.25) is 9.40 Å². The normalized spacial score (nSPS) is 14.3. The van der Waals surface area contributed by atoms with E-state index in [1.165, 1.54) is 0 Å². The molecule has 1 aromatic heterocycles. The minimum atomic E-state index is -3.58. The van der Waals surface area contributed by atoms with Crippen molar-refractivity contribution in [1.29, 1.82) is 0 Å². The summed E-state index contributed by atoms with van der Waals surface area (Å²) in [7, 11) is -1.82. The molecule has 0 saturated carbocycles. The van der Waals surface area contributed by atoms with Crippen molar-refractivity contribution in [3.05, 3.63) is 41.2 Å². The Morgan fingerprint density at radius 2 is 2.05 bits per heavy atom. The molecule has 3 rings (SSSR count). The van der Waals surface area contributed by atoms with Crippen LogP contribution in [0.3, 0.4) is 0 Å². The third kappa shape index (κ3) is 2.30. The zero-order valence-corrected chi connectivity index (χ0v) is 12.2. The van der Waals surface area contributed by atoms with Crippen molar-refractivity contribution in [1.82, 2.24) is 15.1 Å². The highest BCUT2D eigenvalue weighted by atomic mass is 32.2. The maximum atomic E-state index is 12.4. The minimum absolute atomic E-state index is 0.281. The molecule has 1 aliphatic rings. The highest BCUT2D eigenvalue weighted by Gasteiger charge is 2.19. The molecule has 106 valence electrons. The van der Waals surface area contributed by atoms with E-state index in [-0.39, 0.29) is 4.90 Å². The second kappa shape index (κ2) is 4.60. The second-order valence-electron chi connectivity index (χ2n) is 4.94. The Labute approximate surface area is 117 Å². The Kier molecular flexibility index (Phi) is 3.02. The van der Waals surface area contributed by atoms with Crippen molar-refractivity contribution >= 4 is 15.7 Å². The minimum Gasteiger partial charge on any atom is -0.309 e. The number of benzene rings is 1. The molecule has 0 saturated heterocycles. The number of anilines is 1. The van der Waals surface area contributed by atoms with Crippen LogP contribution in [0.25, 0.3) is 0 Å². The standard InChI is InChI=1S/C13H16N4O2S/c1-9-13(8-17(2)15-9)16-20(18,19)12-4-3-10-6-14-7-11(10)5-12/h3-5,8,14,16H,6-7H2,1-2H3. The van der Waals surface area contributed by atoms with Crippen molar-refractivity contribution in [3.63, 3.8) is 0 Å². The van der Waals surface area contributed by atoms with Crippen LogP contribution in [0.5, 0.6) is 0 Å². The van der Waals surface area contributed by atoms with E-state index in [1.807, 2.05) is 6.07 Å².